The summed E-state index contributed by atoms with van der Waals surface area (Å²) in [5.74, 6) is 0.401. The van der Waals surface area contributed by atoms with Gasteiger partial charge >= 0.3 is 5.69 Å². The Labute approximate surface area is 155 Å². The van der Waals surface area contributed by atoms with Crippen LogP contribution in [0.25, 0.3) is 11.2 Å². The predicted molar refractivity (Wildman–Crippen MR) is 103 cm³/mol. The molecule has 0 saturated carbocycles. The molecular weight excluding hydrogens is 346 g/mol. The fourth-order valence-corrected chi connectivity index (χ4v) is 3.70. The number of nitrogens with zero attached hydrogens (tertiary/aromatic N) is 5. The molecule has 140 valence electrons. The minimum atomic E-state index is -0.530. The highest BCUT2D eigenvalue weighted by Gasteiger charge is 2.29. The summed E-state index contributed by atoms with van der Waals surface area (Å²) in [5.41, 5.74) is 3.08. The molecule has 3 heterocycles. The van der Waals surface area contributed by atoms with E-state index < -0.39 is 11.2 Å². The third-order valence-electron chi connectivity index (χ3n) is 5.25. The Kier molecular flexibility index (Phi) is 3.80. The summed E-state index contributed by atoms with van der Waals surface area (Å²) in [5, 5.41) is 0. The van der Waals surface area contributed by atoms with Crippen molar-refractivity contribution in [1.29, 1.82) is 0 Å². The third-order valence-corrected chi connectivity index (χ3v) is 5.25. The summed E-state index contributed by atoms with van der Waals surface area (Å²) in [6, 6.07) is 6.09. The lowest BCUT2D eigenvalue weighted by Gasteiger charge is -2.19. The second-order valence-electron chi connectivity index (χ2n) is 7.04. The Morgan fingerprint density at radius 1 is 1.19 bits per heavy atom. The topological polar surface area (TPSA) is 82.1 Å². The number of anilines is 2. The first kappa shape index (κ1) is 17.3. The third kappa shape index (κ3) is 2.43. The largest absolute Gasteiger partial charge is 0.332 e. The molecule has 0 radical (unpaired) electrons. The van der Waals surface area contributed by atoms with Crippen LogP contribution in [0.2, 0.25) is 0 Å². The van der Waals surface area contributed by atoms with Crippen LogP contribution >= 0.6 is 0 Å². The average molecular weight is 367 g/mol. The van der Waals surface area contributed by atoms with Crippen molar-refractivity contribution in [3.63, 3.8) is 0 Å². The van der Waals surface area contributed by atoms with E-state index in [1.165, 1.54) is 17.1 Å². The normalized spacial score (nSPS) is 13.4. The Bertz CT molecular complexity index is 1210. The quantitative estimate of drug-likeness (QED) is 0.696. The Morgan fingerprint density at radius 2 is 1.93 bits per heavy atom. The number of rotatable bonds is 3. The highest BCUT2D eigenvalue weighted by molar-refractivity contribution is 5.79. The number of aryl methyl sites for hydroxylation is 2. The van der Waals surface area contributed by atoms with Crippen LogP contribution in [0.4, 0.5) is 11.6 Å². The molecule has 1 aromatic carbocycles. The zero-order valence-corrected chi connectivity index (χ0v) is 15.8. The van der Waals surface area contributed by atoms with Crippen molar-refractivity contribution in [1.82, 2.24) is 18.7 Å². The number of fused-ring (bicyclic) bond motifs is 3. The molecule has 4 rings (SSSR count). The molecule has 1 aliphatic rings. The van der Waals surface area contributed by atoms with Crippen molar-refractivity contribution in [3.05, 3.63) is 50.2 Å². The van der Waals surface area contributed by atoms with Gasteiger partial charge in [-0.05, 0) is 38.0 Å². The van der Waals surface area contributed by atoms with Crippen LogP contribution in [-0.2, 0) is 24.9 Å². The van der Waals surface area contributed by atoms with Crippen molar-refractivity contribution in [2.75, 3.05) is 11.4 Å². The van der Waals surface area contributed by atoms with Gasteiger partial charge in [-0.25, -0.2) is 4.79 Å². The minimum absolute atomic E-state index is 0.233. The number of ketones is 1. The van der Waals surface area contributed by atoms with Crippen LogP contribution in [0.15, 0.2) is 27.8 Å². The van der Waals surface area contributed by atoms with Gasteiger partial charge in [0.25, 0.3) is 5.56 Å². The van der Waals surface area contributed by atoms with E-state index in [0.717, 1.165) is 15.8 Å². The molecule has 27 heavy (non-hydrogen) atoms. The van der Waals surface area contributed by atoms with E-state index >= 15 is 0 Å². The van der Waals surface area contributed by atoms with Crippen molar-refractivity contribution in [2.45, 2.75) is 33.9 Å². The SMILES string of the molecule is CC(=O)Cn1c(=O)c2c(nc3n2CCN3c2cccc(C)c2C)n(C)c1=O. The second-order valence-corrected chi connectivity index (χ2v) is 7.04. The molecule has 0 spiro atoms. The lowest BCUT2D eigenvalue weighted by molar-refractivity contribution is -0.117. The van der Waals surface area contributed by atoms with Crippen LogP contribution < -0.4 is 16.1 Å². The van der Waals surface area contributed by atoms with Crippen molar-refractivity contribution >= 4 is 28.6 Å². The Morgan fingerprint density at radius 3 is 2.63 bits per heavy atom. The molecule has 0 bridgehead atoms. The standard InChI is InChI=1S/C19H21N5O3/c1-11-6-5-7-14(13(11)3)22-8-9-23-15-16(20-18(22)23)21(4)19(27)24(17(15)26)10-12(2)25/h5-7H,8-10H2,1-4H3. The van der Waals surface area contributed by atoms with Gasteiger partial charge in [-0.1, -0.05) is 12.1 Å². The summed E-state index contributed by atoms with van der Waals surface area (Å²) < 4.78 is 4.17. The van der Waals surface area contributed by atoms with Crippen molar-refractivity contribution in [3.8, 4) is 0 Å². The number of Topliss-reactive ketones (excluding diaryl/α,β-unsaturated/α-hetero) is 1. The summed E-state index contributed by atoms with van der Waals surface area (Å²) in [7, 11) is 1.58. The molecule has 0 N–H and O–H groups in total. The van der Waals surface area contributed by atoms with E-state index in [1.807, 2.05) is 16.7 Å². The van der Waals surface area contributed by atoms with Gasteiger partial charge in [0.15, 0.2) is 11.2 Å². The van der Waals surface area contributed by atoms with Gasteiger partial charge in [0.1, 0.15) is 5.78 Å². The first-order valence-corrected chi connectivity index (χ1v) is 8.84. The lowest BCUT2D eigenvalue weighted by atomic mass is 10.1. The number of carbonyl (C=O) groups is 1. The average Bonchev–Trinajstić information content (AvgIpc) is 3.18. The Hall–Kier alpha value is -3.16. The van der Waals surface area contributed by atoms with Gasteiger partial charge in [-0.2, -0.15) is 4.98 Å². The van der Waals surface area contributed by atoms with Gasteiger partial charge in [-0.15, -0.1) is 0 Å². The van der Waals surface area contributed by atoms with Crippen LogP contribution in [0.3, 0.4) is 0 Å². The molecule has 0 unspecified atom stereocenters. The number of benzene rings is 1. The van der Waals surface area contributed by atoms with Crippen LogP contribution in [0.5, 0.6) is 0 Å². The van der Waals surface area contributed by atoms with E-state index in [1.54, 1.807) is 7.05 Å². The first-order valence-electron chi connectivity index (χ1n) is 8.84. The monoisotopic (exact) mass is 367 g/mol. The smallest absolute Gasteiger partial charge is 0.310 e. The van der Waals surface area contributed by atoms with Crippen molar-refractivity contribution < 1.29 is 4.79 Å². The molecule has 3 aromatic rings. The zero-order chi connectivity index (χ0) is 19.5. The van der Waals surface area contributed by atoms with Gasteiger partial charge in [0.2, 0.25) is 5.95 Å². The van der Waals surface area contributed by atoms with Gasteiger partial charge in [-0.3, -0.25) is 18.7 Å². The maximum absolute atomic E-state index is 12.9. The van der Waals surface area contributed by atoms with Gasteiger partial charge < -0.3 is 9.47 Å². The van der Waals surface area contributed by atoms with Crippen LogP contribution in [0, 0.1) is 13.8 Å². The second kappa shape index (κ2) is 5.94. The van der Waals surface area contributed by atoms with E-state index in [4.69, 9.17) is 0 Å². The molecule has 0 saturated heterocycles. The summed E-state index contributed by atoms with van der Waals surface area (Å²) in [4.78, 5) is 43.7. The van der Waals surface area contributed by atoms with Crippen LogP contribution in [0.1, 0.15) is 18.1 Å². The number of hydrogen-bond acceptors (Lipinski definition) is 5. The van der Waals surface area contributed by atoms with E-state index in [0.29, 0.717) is 30.2 Å². The maximum Gasteiger partial charge on any atom is 0.332 e. The Balaban J connectivity index is 1.98. The molecule has 2 aromatic heterocycles. The first-order chi connectivity index (χ1) is 12.8. The lowest BCUT2D eigenvalue weighted by Crippen LogP contribution is -2.41. The highest BCUT2D eigenvalue weighted by atomic mass is 16.2. The van der Waals surface area contributed by atoms with E-state index in [9.17, 15) is 14.4 Å². The van der Waals surface area contributed by atoms with E-state index in [2.05, 4.69) is 29.8 Å². The van der Waals surface area contributed by atoms with Gasteiger partial charge in [0.05, 0.1) is 6.54 Å². The number of carbonyl (C=O) groups excluding carboxylic acids is 1. The fourth-order valence-electron chi connectivity index (χ4n) is 3.70. The molecule has 0 amide bonds. The van der Waals surface area contributed by atoms with Gasteiger partial charge in [0, 0.05) is 25.8 Å². The number of aromatic nitrogens is 4. The molecule has 0 atom stereocenters. The molecule has 1 aliphatic heterocycles. The number of hydrogen-bond donors (Lipinski definition) is 0. The summed E-state index contributed by atoms with van der Waals surface area (Å²) in [6.45, 7) is 6.53. The molecular formula is C19H21N5O3. The van der Waals surface area contributed by atoms with Crippen LogP contribution in [-0.4, -0.2) is 31.0 Å². The predicted octanol–water partition coefficient (Wildman–Crippen LogP) is 1.25. The maximum atomic E-state index is 12.9. The van der Waals surface area contributed by atoms with E-state index in [-0.39, 0.29) is 12.3 Å². The molecule has 0 aliphatic carbocycles. The fraction of sp³-hybridized carbons (Fsp3) is 0.368. The minimum Gasteiger partial charge on any atom is -0.310 e. The molecule has 0 fully saturated rings. The number of imidazole rings is 1. The highest BCUT2D eigenvalue weighted by Crippen LogP contribution is 2.34. The molecule has 8 heteroatoms. The molecule has 8 nitrogen and oxygen atoms in total. The summed E-state index contributed by atoms with van der Waals surface area (Å²) in [6.07, 6.45) is 0. The zero-order valence-electron chi connectivity index (χ0n) is 15.8. The summed E-state index contributed by atoms with van der Waals surface area (Å²) >= 11 is 0. The van der Waals surface area contributed by atoms with Crippen molar-refractivity contribution in [2.24, 2.45) is 7.05 Å².